The standard InChI is InChI=1S/C10H14O.2C2H6.CH3NO/c1-2-3-9-11-10-7-5-4-6-8-10;2*1-2;2-1-3/h4-8H,2-3,9H2,1H3;2*1-2H3;1H,(H2,2,3). The molecule has 0 heterocycles. The van der Waals surface area contributed by atoms with Gasteiger partial charge in [0.2, 0.25) is 6.41 Å². The molecule has 0 fully saturated rings. The lowest BCUT2D eigenvalue weighted by atomic mass is 10.3. The molecular weight excluding hydrogens is 226 g/mol. The van der Waals surface area contributed by atoms with Crippen molar-refractivity contribution < 1.29 is 9.53 Å². The van der Waals surface area contributed by atoms with E-state index in [-0.39, 0.29) is 6.41 Å². The van der Waals surface area contributed by atoms with Crippen molar-refractivity contribution >= 4 is 6.41 Å². The minimum Gasteiger partial charge on any atom is -0.494 e. The van der Waals surface area contributed by atoms with Crippen LogP contribution in [0.15, 0.2) is 30.3 Å². The van der Waals surface area contributed by atoms with Crippen molar-refractivity contribution in [1.29, 1.82) is 0 Å². The smallest absolute Gasteiger partial charge is 0.204 e. The molecule has 0 aromatic heterocycles. The highest BCUT2D eigenvalue weighted by Gasteiger charge is 1.88. The second kappa shape index (κ2) is 24.6. The van der Waals surface area contributed by atoms with Gasteiger partial charge in [-0.1, -0.05) is 59.2 Å². The molecule has 0 aliphatic rings. The molecule has 18 heavy (non-hydrogen) atoms. The monoisotopic (exact) mass is 255 g/mol. The first kappa shape index (κ1) is 21.7. The van der Waals surface area contributed by atoms with Gasteiger partial charge in [-0.3, -0.25) is 4.79 Å². The van der Waals surface area contributed by atoms with Crippen LogP contribution in [0.3, 0.4) is 0 Å². The summed E-state index contributed by atoms with van der Waals surface area (Å²) in [5.41, 5.74) is 4.17. The fourth-order valence-corrected chi connectivity index (χ4v) is 0.851. The van der Waals surface area contributed by atoms with Gasteiger partial charge in [-0.15, -0.1) is 0 Å². The average Bonchev–Trinajstić information content (AvgIpc) is 2.46. The molecule has 0 radical (unpaired) electrons. The van der Waals surface area contributed by atoms with Crippen LogP contribution in [0.1, 0.15) is 47.5 Å². The highest BCUT2D eigenvalue weighted by atomic mass is 16.5. The Kier molecular flexibility index (Phi) is 29.8. The summed E-state index contributed by atoms with van der Waals surface area (Å²) in [5, 5.41) is 0. The van der Waals surface area contributed by atoms with E-state index in [0.717, 1.165) is 18.8 Å². The normalized spacial score (nSPS) is 7.17. The van der Waals surface area contributed by atoms with Crippen LogP contribution in [-0.4, -0.2) is 13.0 Å². The molecular formula is C15H29NO2. The van der Waals surface area contributed by atoms with Gasteiger partial charge in [0.05, 0.1) is 6.61 Å². The van der Waals surface area contributed by atoms with Crippen molar-refractivity contribution in [3.63, 3.8) is 0 Å². The molecule has 1 aromatic rings. The number of hydrogen-bond acceptors (Lipinski definition) is 2. The van der Waals surface area contributed by atoms with E-state index in [1.54, 1.807) is 0 Å². The Morgan fingerprint density at radius 2 is 1.56 bits per heavy atom. The molecule has 0 spiro atoms. The first-order valence-electron chi connectivity index (χ1n) is 6.68. The van der Waals surface area contributed by atoms with Gasteiger partial charge in [0.25, 0.3) is 0 Å². The lowest BCUT2D eigenvalue weighted by molar-refractivity contribution is -0.106. The van der Waals surface area contributed by atoms with Crippen molar-refractivity contribution in [3.05, 3.63) is 30.3 Å². The molecule has 0 aliphatic heterocycles. The molecule has 0 unspecified atom stereocenters. The summed E-state index contributed by atoms with van der Waals surface area (Å²) in [4.78, 5) is 8.58. The van der Waals surface area contributed by atoms with Gasteiger partial charge in [0.15, 0.2) is 0 Å². The molecule has 1 amide bonds. The van der Waals surface area contributed by atoms with E-state index in [2.05, 4.69) is 12.7 Å². The average molecular weight is 255 g/mol. The first-order chi connectivity index (χ1) is 8.85. The molecule has 3 heteroatoms. The minimum atomic E-state index is 0.250. The first-order valence-corrected chi connectivity index (χ1v) is 6.68. The van der Waals surface area contributed by atoms with Crippen LogP contribution in [0.25, 0.3) is 0 Å². The van der Waals surface area contributed by atoms with E-state index < -0.39 is 0 Å². The van der Waals surface area contributed by atoms with Crippen molar-refractivity contribution in [1.82, 2.24) is 0 Å². The van der Waals surface area contributed by atoms with Crippen LogP contribution >= 0.6 is 0 Å². The van der Waals surface area contributed by atoms with Gasteiger partial charge in [-0.25, -0.2) is 0 Å². The topological polar surface area (TPSA) is 52.3 Å². The maximum Gasteiger partial charge on any atom is 0.204 e. The SMILES string of the molecule is CC.CC.CCCCOc1ccccc1.NC=O. The number of para-hydroxylation sites is 1. The van der Waals surface area contributed by atoms with Crippen LogP contribution in [0, 0.1) is 0 Å². The van der Waals surface area contributed by atoms with Gasteiger partial charge in [-0.2, -0.15) is 0 Å². The van der Waals surface area contributed by atoms with Crippen molar-refractivity contribution in [2.45, 2.75) is 47.5 Å². The Bertz CT molecular complexity index is 225. The summed E-state index contributed by atoms with van der Waals surface area (Å²) in [6, 6.07) is 9.93. The third-order valence-electron chi connectivity index (χ3n) is 1.51. The lowest BCUT2D eigenvalue weighted by Crippen LogP contribution is -1.95. The van der Waals surface area contributed by atoms with Crippen LogP contribution < -0.4 is 10.5 Å². The number of hydrogen-bond donors (Lipinski definition) is 1. The number of amides is 1. The lowest BCUT2D eigenvalue weighted by Gasteiger charge is -2.03. The van der Waals surface area contributed by atoms with Crippen LogP contribution in [0.2, 0.25) is 0 Å². The number of nitrogens with two attached hydrogens (primary N) is 1. The third kappa shape index (κ3) is 20.0. The molecule has 1 aromatic carbocycles. The Hall–Kier alpha value is -1.51. The molecule has 0 saturated carbocycles. The van der Waals surface area contributed by atoms with Gasteiger partial charge < -0.3 is 10.5 Å². The minimum absolute atomic E-state index is 0.250. The second-order valence-corrected chi connectivity index (χ2v) is 2.65. The number of benzene rings is 1. The quantitative estimate of drug-likeness (QED) is 0.652. The fourth-order valence-electron chi connectivity index (χ4n) is 0.851. The summed E-state index contributed by atoms with van der Waals surface area (Å²) in [7, 11) is 0. The number of rotatable bonds is 4. The molecule has 0 bridgehead atoms. The molecule has 3 nitrogen and oxygen atoms in total. The van der Waals surface area contributed by atoms with Crippen LogP contribution in [0.5, 0.6) is 5.75 Å². The van der Waals surface area contributed by atoms with Crippen LogP contribution in [-0.2, 0) is 4.79 Å². The summed E-state index contributed by atoms with van der Waals surface area (Å²) in [5.74, 6) is 0.973. The summed E-state index contributed by atoms with van der Waals surface area (Å²) >= 11 is 0. The van der Waals surface area contributed by atoms with E-state index >= 15 is 0 Å². The van der Waals surface area contributed by atoms with Crippen molar-refractivity contribution in [2.24, 2.45) is 5.73 Å². The molecule has 0 aliphatic carbocycles. The highest BCUT2D eigenvalue weighted by molar-refractivity contribution is 5.42. The van der Waals surface area contributed by atoms with E-state index in [9.17, 15) is 0 Å². The Morgan fingerprint density at radius 1 is 1.11 bits per heavy atom. The Labute approximate surface area is 112 Å². The summed E-state index contributed by atoms with van der Waals surface area (Å²) in [6.45, 7) is 11.0. The number of carbonyl (C=O) groups excluding carboxylic acids is 1. The molecule has 1 rings (SSSR count). The predicted molar refractivity (Wildman–Crippen MR) is 79.8 cm³/mol. The third-order valence-corrected chi connectivity index (χ3v) is 1.51. The van der Waals surface area contributed by atoms with Crippen LogP contribution in [0.4, 0.5) is 0 Å². The summed E-state index contributed by atoms with van der Waals surface area (Å²) in [6.07, 6.45) is 2.57. The number of carbonyl (C=O) groups is 1. The predicted octanol–water partition coefficient (Wildman–Crippen LogP) is 4.02. The zero-order valence-electron chi connectivity index (χ0n) is 12.5. The fraction of sp³-hybridized carbons (Fsp3) is 0.533. The van der Waals surface area contributed by atoms with E-state index in [1.165, 1.54) is 6.42 Å². The zero-order chi connectivity index (χ0) is 14.6. The molecule has 2 N–H and O–H groups in total. The largest absolute Gasteiger partial charge is 0.494 e. The zero-order valence-corrected chi connectivity index (χ0v) is 12.5. The van der Waals surface area contributed by atoms with E-state index in [4.69, 9.17) is 9.53 Å². The van der Waals surface area contributed by atoms with Crippen molar-refractivity contribution in [2.75, 3.05) is 6.61 Å². The van der Waals surface area contributed by atoms with Gasteiger partial charge >= 0.3 is 0 Å². The van der Waals surface area contributed by atoms with E-state index in [0.29, 0.717) is 0 Å². The van der Waals surface area contributed by atoms with Gasteiger partial charge in [0.1, 0.15) is 5.75 Å². The molecule has 0 saturated heterocycles. The highest BCUT2D eigenvalue weighted by Crippen LogP contribution is 2.08. The van der Waals surface area contributed by atoms with Gasteiger partial charge in [0, 0.05) is 0 Å². The maximum atomic E-state index is 8.58. The second-order valence-electron chi connectivity index (χ2n) is 2.65. The molecule has 106 valence electrons. The number of ether oxygens (including phenoxy) is 1. The molecule has 0 atom stereocenters. The van der Waals surface area contributed by atoms with Crippen molar-refractivity contribution in [3.8, 4) is 5.75 Å². The Morgan fingerprint density at radius 3 is 1.94 bits per heavy atom. The maximum absolute atomic E-state index is 8.58. The summed E-state index contributed by atoms with van der Waals surface area (Å²) < 4.78 is 5.45. The number of unbranched alkanes of at least 4 members (excludes halogenated alkanes) is 1. The number of primary amides is 1. The van der Waals surface area contributed by atoms with Gasteiger partial charge in [-0.05, 0) is 18.6 Å². The van der Waals surface area contributed by atoms with E-state index in [1.807, 2.05) is 58.0 Å². The Balaban J connectivity index is -0.000000274.